The second-order valence-corrected chi connectivity index (χ2v) is 6.11. The van der Waals surface area contributed by atoms with Crippen LogP contribution in [0.25, 0.3) is 33.4 Å². The Labute approximate surface area is 152 Å². The molecule has 0 atom stereocenters. The lowest BCUT2D eigenvalue weighted by Gasteiger charge is -2.19. The number of hydrogen-bond donors (Lipinski definition) is 4. The molecule has 27 heavy (non-hydrogen) atoms. The molecule has 2 aromatic carbocycles. The van der Waals surface area contributed by atoms with Gasteiger partial charge in [-0.25, -0.2) is 4.79 Å². The normalized spacial score (nSPS) is 11.1. The van der Waals surface area contributed by atoms with Gasteiger partial charge in [0.05, 0.1) is 16.9 Å². The minimum absolute atomic E-state index is 0.0326. The van der Waals surface area contributed by atoms with Crippen LogP contribution >= 0.6 is 0 Å². The highest BCUT2D eigenvalue weighted by Gasteiger charge is 2.24. The van der Waals surface area contributed by atoms with E-state index >= 15 is 0 Å². The third-order valence-corrected chi connectivity index (χ3v) is 4.44. The molecule has 0 saturated heterocycles. The van der Waals surface area contributed by atoms with Crippen LogP contribution in [0.2, 0.25) is 0 Å². The van der Waals surface area contributed by atoms with Gasteiger partial charge in [0.25, 0.3) is 0 Å². The number of carbonyl (C=O) groups is 1. The van der Waals surface area contributed by atoms with Crippen molar-refractivity contribution >= 4 is 28.3 Å². The molecule has 1 aliphatic heterocycles. The van der Waals surface area contributed by atoms with Gasteiger partial charge in [0.1, 0.15) is 17.1 Å². The van der Waals surface area contributed by atoms with Crippen molar-refractivity contribution in [3.05, 3.63) is 64.3 Å². The molecule has 0 saturated carbocycles. The van der Waals surface area contributed by atoms with Crippen LogP contribution in [-0.4, -0.2) is 16.2 Å². The molecule has 2 aliphatic rings. The minimum Gasteiger partial charge on any atom is -0.508 e. The molecule has 6 N–H and O–H groups in total. The van der Waals surface area contributed by atoms with Crippen LogP contribution in [0.1, 0.15) is 10.4 Å². The number of hydrogen-bond acceptors (Lipinski definition) is 6. The van der Waals surface area contributed by atoms with Gasteiger partial charge in [0.2, 0.25) is 0 Å². The van der Waals surface area contributed by atoms with Crippen molar-refractivity contribution in [1.82, 2.24) is 0 Å². The van der Waals surface area contributed by atoms with Crippen molar-refractivity contribution in [2.75, 3.05) is 11.5 Å². The maximum Gasteiger partial charge on any atom is 0.336 e. The number of nitrogens with two attached hydrogens (primary N) is 2. The molecular weight excluding hydrogens is 348 g/mol. The van der Waals surface area contributed by atoms with Gasteiger partial charge in [-0.05, 0) is 36.4 Å². The van der Waals surface area contributed by atoms with E-state index in [4.69, 9.17) is 15.9 Å². The van der Waals surface area contributed by atoms with E-state index < -0.39 is 5.97 Å². The molecule has 0 aromatic heterocycles. The first-order valence-electron chi connectivity index (χ1n) is 7.98. The van der Waals surface area contributed by atoms with Crippen molar-refractivity contribution in [2.24, 2.45) is 0 Å². The number of rotatable bonds is 2. The molecule has 0 fully saturated rings. The minimum atomic E-state index is -1.17. The Morgan fingerprint density at radius 1 is 0.963 bits per heavy atom. The molecule has 7 heteroatoms. The topological polar surface area (TPSA) is 140 Å². The van der Waals surface area contributed by atoms with E-state index in [1.54, 1.807) is 12.1 Å². The first kappa shape index (κ1) is 16.5. The quantitative estimate of drug-likeness (QED) is 0.317. The molecule has 2 aromatic rings. The number of aromatic hydroxyl groups is 1. The van der Waals surface area contributed by atoms with Gasteiger partial charge >= 0.3 is 5.97 Å². The number of anilines is 2. The standard InChI is InChI=1S/C20H14N2O5/c21-14-6-5-13(20(25)26)18(19(14)22)17-11-3-1-9(23)7-15(11)27-16-8-10(24)2-4-12(16)17/h1-8,23H,21-22H2,(H,25,26). The summed E-state index contributed by atoms with van der Waals surface area (Å²) in [4.78, 5) is 23.6. The number of phenols is 1. The van der Waals surface area contributed by atoms with Crippen molar-refractivity contribution in [2.45, 2.75) is 0 Å². The number of carboxylic acids is 1. The fraction of sp³-hybridized carbons (Fsp3) is 0. The Morgan fingerprint density at radius 2 is 1.74 bits per heavy atom. The zero-order valence-electron chi connectivity index (χ0n) is 13.9. The molecule has 0 amide bonds. The molecule has 1 aliphatic carbocycles. The summed E-state index contributed by atoms with van der Waals surface area (Å²) in [5, 5.41) is 20.0. The summed E-state index contributed by atoms with van der Waals surface area (Å²) in [6.45, 7) is 0. The van der Waals surface area contributed by atoms with Crippen LogP contribution in [0, 0.1) is 0 Å². The van der Waals surface area contributed by atoms with Crippen molar-refractivity contribution in [3.8, 4) is 28.2 Å². The van der Waals surface area contributed by atoms with E-state index in [-0.39, 0.29) is 45.0 Å². The largest absolute Gasteiger partial charge is 0.508 e. The second kappa shape index (κ2) is 5.77. The summed E-state index contributed by atoms with van der Waals surface area (Å²) in [7, 11) is 0. The number of carboxylic acid groups (broad SMARTS) is 1. The van der Waals surface area contributed by atoms with Crippen LogP contribution in [0.3, 0.4) is 0 Å². The first-order valence-corrected chi connectivity index (χ1v) is 7.98. The molecule has 0 spiro atoms. The van der Waals surface area contributed by atoms with Crippen molar-refractivity contribution < 1.29 is 19.4 Å². The zero-order chi connectivity index (χ0) is 19.3. The Bertz CT molecular complexity index is 1260. The Morgan fingerprint density at radius 3 is 2.48 bits per heavy atom. The van der Waals surface area contributed by atoms with Gasteiger partial charge in [-0.1, -0.05) is 0 Å². The summed E-state index contributed by atoms with van der Waals surface area (Å²) < 4.78 is 5.76. The zero-order valence-corrected chi connectivity index (χ0v) is 13.9. The molecular formula is C20H14N2O5. The molecule has 4 rings (SSSR count). The lowest BCUT2D eigenvalue weighted by Crippen LogP contribution is -2.07. The third kappa shape index (κ3) is 2.53. The number of aromatic carboxylic acids is 1. The lowest BCUT2D eigenvalue weighted by atomic mass is 9.89. The van der Waals surface area contributed by atoms with Gasteiger partial charge in [0, 0.05) is 34.2 Å². The molecule has 0 unspecified atom stereocenters. The van der Waals surface area contributed by atoms with Crippen molar-refractivity contribution in [3.63, 3.8) is 0 Å². The van der Waals surface area contributed by atoms with Crippen molar-refractivity contribution in [1.29, 1.82) is 0 Å². The average molecular weight is 362 g/mol. The van der Waals surface area contributed by atoms with Gasteiger partial charge in [-0.3, -0.25) is 4.79 Å². The molecule has 134 valence electrons. The molecule has 1 heterocycles. The molecule has 0 radical (unpaired) electrons. The highest BCUT2D eigenvalue weighted by atomic mass is 16.4. The molecule has 7 nitrogen and oxygen atoms in total. The van der Waals surface area contributed by atoms with Gasteiger partial charge in [-0.2, -0.15) is 0 Å². The Hall–Kier alpha value is -4.00. The number of benzene rings is 3. The average Bonchev–Trinajstić information content (AvgIpc) is 2.61. The first-order chi connectivity index (χ1) is 12.9. The fourth-order valence-corrected chi connectivity index (χ4v) is 3.21. The maximum absolute atomic E-state index is 11.8. The van der Waals surface area contributed by atoms with Crippen LogP contribution < -0.4 is 16.9 Å². The van der Waals surface area contributed by atoms with Gasteiger partial charge in [-0.15, -0.1) is 0 Å². The van der Waals surface area contributed by atoms with Crippen LogP contribution in [0.4, 0.5) is 11.4 Å². The summed E-state index contributed by atoms with van der Waals surface area (Å²) in [6, 6.07) is 11.5. The summed E-state index contributed by atoms with van der Waals surface area (Å²) in [6.07, 6.45) is 0. The summed E-state index contributed by atoms with van der Waals surface area (Å²) >= 11 is 0. The highest BCUT2D eigenvalue weighted by molar-refractivity contribution is 6.11. The van der Waals surface area contributed by atoms with Crippen LogP contribution in [-0.2, 0) is 0 Å². The molecule has 0 bridgehead atoms. The predicted molar refractivity (Wildman–Crippen MR) is 102 cm³/mol. The van der Waals surface area contributed by atoms with E-state index in [1.165, 1.54) is 36.4 Å². The fourth-order valence-electron chi connectivity index (χ4n) is 3.21. The smallest absolute Gasteiger partial charge is 0.336 e. The Kier molecular flexibility index (Phi) is 3.52. The second-order valence-electron chi connectivity index (χ2n) is 6.11. The van der Waals surface area contributed by atoms with Crippen LogP contribution in [0.15, 0.2) is 57.7 Å². The van der Waals surface area contributed by atoms with Crippen LogP contribution in [0.5, 0.6) is 5.75 Å². The van der Waals surface area contributed by atoms with E-state index in [1.807, 2.05) is 0 Å². The van der Waals surface area contributed by atoms with E-state index in [0.29, 0.717) is 16.5 Å². The lowest BCUT2D eigenvalue weighted by molar-refractivity contribution is 0.0698. The summed E-state index contributed by atoms with van der Waals surface area (Å²) in [5.74, 6) is -0.958. The van der Waals surface area contributed by atoms with E-state index in [0.717, 1.165) is 0 Å². The van der Waals surface area contributed by atoms with E-state index in [9.17, 15) is 19.8 Å². The highest BCUT2D eigenvalue weighted by Crippen LogP contribution is 2.45. The van der Waals surface area contributed by atoms with Gasteiger partial charge < -0.3 is 26.1 Å². The third-order valence-electron chi connectivity index (χ3n) is 4.44. The Balaban J connectivity index is 2.27. The number of phenolic OH excluding ortho intramolecular Hbond substituents is 1. The number of fused-ring (bicyclic) bond motifs is 2. The predicted octanol–water partition coefficient (Wildman–Crippen LogP) is 3.13. The number of nitrogen functional groups attached to an aromatic ring is 2. The van der Waals surface area contributed by atoms with E-state index in [2.05, 4.69) is 0 Å². The monoisotopic (exact) mass is 362 g/mol. The SMILES string of the molecule is Nc1ccc(C(=O)O)c(-c2c3ccc(=O)cc-3oc3cc(O)ccc23)c1N. The van der Waals surface area contributed by atoms with Gasteiger partial charge in [0.15, 0.2) is 5.43 Å². The summed E-state index contributed by atoms with van der Waals surface area (Å²) in [5.41, 5.74) is 13.6. The maximum atomic E-state index is 11.8.